The van der Waals surface area contributed by atoms with Crippen LogP contribution in [0.4, 0.5) is 11.4 Å². The summed E-state index contributed by atoms with van der Waals surface area (Å²) in [5.74, 6) is 0.495. The van der Waals surface area contributed by atoms with Crippen molar-refractivity contribution in [2.45, 2.75) is 27.2 Å². The van der Waals surface area contributed by atoms with Gasteiger partial charge in [-0.3, -0.25) is 14.2 Å². The van der Waals surface area contributed by atoms with Crippen LogP contribution in [0.3, 0.4) is 0 Å². The van der Waals surface area contributed by atoms with Crippen molar-refractivity contribution in [3.05, 3.63) is 65.9 Å². The summed E-state index contributed by atoms with van der Waals surface area (Å²) in [6, 6.07) is 10.0. The highest BCUT2D eigenvalue weighted by atomic mass is 16.2. The minimum atomic E-state index is -0.0733. The summed E-state index contributed by atoms with van der Waals surface area (Å²) in [5, 5.41) is 2.77. The van der Waals surface area contributed by atoms with Crippen molar-refractivity contribution >= 4 is 23.2 Å². The van der Waals surface area contributed by atoms with E-state index in [1.165, 1.54) is 16.8 Å². The Morgan fingerprint density at radius 3 is 2.47 bits per heavy atom. The van der Waals surface area contributed by atoms with Crippen molar-refractivity contribution in [2.24, 2.45) is 0 Å². The van der Waals surface area contributed by atoms with Gasteiger partial charge in [-0.15, -0.1) is 0 Å². The van der Waals surface area contributed by atoms with Gasteiger partial charge in [-0.2, -0.15) is 0 Å². The van der Waals surface area contributed by atoms with Crippen LogP contribution in [-0.2, 0) is 4.79 Å². The van der Waals surface area contributed by atoms with E-state index in [0.29, 0.717) is 36.7 Å². The second kappa shape index (κ2) is 9.21. The van der Waals surface area contributed by atoms with Crippen molar-refractivity contribution in [1.82, 2.24) is 19.4 Å². The Hall–Kier alpha value is -3.68. The number of nitrogens with zero attached hydrogens (tertiary/aromatic N) is 5. The lowest BCUT2D eigenvalue weighted by Crippen LogP contribution is -2.49. The number of anilines is 2. The van der Waals surface area contributed by atoms with E-state index in [1.54, 1.807) is 42.3 Å². The number of nitrogens with one attached hydrogen (secondary N) is 1. The molecule has 8 nitrogen and oxygen atoms in total. The van der Waals surface area contributed by atoms with E-state index in [2.05, 4.69) is 52.2 Å². The van der Waals surface area contributed by atoms with Crippen molar-refractivity contribution in [3.63, 3.8) is 0 Å². The lowest BCUT2D eigenvalue weighted by Gasteiger charge is -2.36. The molecule has 2 amide bonds. The number of aromatic nitrogens is 3. The van der Waals surface area contributed by atoms with Gasteiger partial charge < -0.3 is 15.1 Å². The maximum absolute atomic E-state index is 13.0. The minimum absolute atomic E-state index is 0.0623. The van der Waals surface area contributed by atoms with E-state index in [-0.39, 0.29) is 11.8 Å². The van der Waals surface area contributed by atoms with Gasteiger partial charge in [-0.05, 0) is 37.6 Å². The highest BCUT2D eigenvalue weighted by Gasteiger charge is 2.24. The van der Waals surface area contributed by atoms with Gasteiger partial charge in [0.25, 0.3) is 5.91 Å². The zero-order chi connectivity index (χ0) is 22.7. The molecule has 1 N–H and O–H groups in total. The van der Waals surface area contributed by atoms with Crippen LogP contribution in [0.15, 0.2) is 49.1 Å². The Kier molecular flexibility index (Phi) is 6.20. The molecule has 0 spiro atoms. The number of rotatable bonds is 5. The Morgan fingerprint density at radius 1 is 1.03 bits per heavy atom. The van der Waals surface area contributed by atoms with Crippen molar-refractivity contribution in [1.29, 1.82) is 0 Å². The van der Waals surface area contributed by atoms with Crippen LogP contribution in [0, 0.1) is 13.8 Å². The number of carbonyl (C=O) groups is 2. The molecular formula is C24H28N6O2. The topological polar surface area (TPSA) is 83.4 Å². The van der Waals surface area contributed by atoms with Crippen LogP contribution in [0.5, 0.6) is 0 Å². The smallest absolute Gasteiger partial charge is 0.274 e. The number of benzene rings is 1. The summed E-state index contributed by atoms with van der Waals surface area (Å²) in [5.41, 5.74) is 4.78. The van der Waals surface area contributed by atoms with Gasteiger partial charge in [0.2, 0.25) is 5.91 Å². The Bertz CT molecular complexity index is 1110. The number of hydrogen-bond acceptors (Lipinski definition) is 5. The van der Waals surface area contributed by atoms with Crippen LogP contribution < -0.4 is 10.2 Å². The lowest BCUT2D eigenvalue weighted by atomic mass is 10.1. The number of imidazole rings is 1. The molecule has 3 heterocycles. The maximum Gasteiger partial charge on any atom is 0.274 e. The van der Waals surface area contributed by atoms with Crippen LogP contribution in [0.25, 0.3) is 5.82 Å². The van der Waals surface area contributed by atoms with Gasteiger partial charge in [0, 0.05) is 44.5 Å². The van der Waals surface area contributed by atoms with E-state index in [1.807, 2.05) is 4.90 Å². The normalized spacial score (nSPS) is 13.8. The first kappa shape index (κ1) is 21.5. The minimum Gasteiger partial charge on any atom is -0.368 e. The molecule has 8 heteroatoms. The first-order valence-electron chi connectivity index (χ1n) is 10.9. The first-order valence-corrected chi connectivity index (χ1v) is 10.9. The van der Waals surface area contributed by atoms with Gasteiger partial charge >= 0.3 is 0 Å². The highest BCUT2D eigenvalue weighted by Crippen LogP contribution is 2.23. The highest BCUT2D eigenvalue weighted by molar-refractivity contribution is 5.92. The zero-order valence-electron chi connectivity index (χ0n) is 18.7. The third-order valence-corrected chi connectivity index (χ3v) is 5.68. The van der Waals surface area contributed by atoms with Crippen LogP contribution >= 0.6 is 0 Å². The van der Waals surface area contributed by atoms with E-state index >= 15 is 0 Å². The van der Waals surface area contributed by atoms with Gasteiger partial charge in [0.05, 0.1) is 11.9 Å². The molecular weight excluding hydrogens is 404 g/mol. The van der Waals surface area contributed by atoms with E-state index in [4.69, 9.17) is 0 Å². The maximum atomic E-state index is 13.0. The molecule has 0 bridgehead atoms. The largest absolute Gasteiger partial charge is 0.368 e. The molecule has 1 saturated heterocycles. The number of piperazine rings is 1. The van der Waals surface area contributed by atoms with Gasteiger partial charge in [-0.25, -0.2) is 9.97 Å². The third kappa shape index (κ3) is 4.64. The molecule has 166 valence electrons. The summed E-state index contributed by atoms with van der Waals surface area (Å²) < 4.78 is 1.71. The second-order valence-electron chi connectivity index (χ2n) is 8.04. The molecule has 1 aliphatic heterocycles. The zero-order valence-corrected chi connectivity index (χ0v) is 18.7. The molecule has 32 heavy (non-hydrogen) atoms. The molecule has 1 aliphatic rings. The van der Waals surface area contributed by atoms with E-state index in [0.717, 1.165) is 13.1 Å². The number of amides is 2. The molecule has 0 saturated carbocycles. The van der Waals surface area contributed by atoms with Crippen LogP contribution in [0.1, 0.15) is 35.0 Å². The summed E-state index contributed by atoms with van der Waals surface area (Å²) in [6.45, 7) is 8.92. The fraction of sp³-hybridized carbons (Fsp3) is 0.333. The lowest BCUT2D eigenvalue weighted by molar-refractivity contribution is -0.115. The molecule has 0 radical (unpaired) electrons. The molecule has 0 atom stereocenters. The Morgan fingerprint density at radius 2 is 1.81 bits per heavy atom. The van der Waals surface area contributed by atoms with E-state index < -0.39 is 0 Å². The molecule has 0 unspecified atom stereocenters. The third-order valence-electron chi connectivity index (χ3n) is 5.68. The van der Waals surface area contributed by atoms with E-state index in [9.17, 15) is 9.59 Å². The predicted molar refractivity (Wildman–Crippen MR) is 124 cm³/mol. The van der Waals surface area contributed by atoms with Gasteiger partial charge in [0.15, 0.2) is 0 Å². The first-order chi connectivity index (χ1) is 15.4. The second-order valence-corrected chi connectivity index (χ2v) is 8.04. The average molecular weight is 433 g/mol. The van der Waals surface area contributed by atoms with Crippen LogP contribution in [-0.4, -0.2) is 57.4 Å². The van der Waals surface area contributed by atoms with Gasteiger partial charge in [0.1, 0.15) is 17.8 Å². The standard InChI is InChI=1S/C24H28N6O2/c1-4-23(31)27-19-6-8-22(25-14-19)30-15-20(26-16-30)24(32)29-11-9-28(10-12-29)21-7-5-17(2)13-18(21)3/h5-8,13-16H,4,9-12H2,1-3H3,(H,27,31). The molecule has 4 rings (SSSR count). The molecule has 2 aromatic heterocycles. The molecule has 1 aromatic carbocycles. The predicted octanol–water partition coefficient (Wildman–Crippen LogP) is 3.20. The summed E-state index contributed by atoms with van der Waals surface area (Å²) in [6.07, 6.45) is 5.29. The average Bonchev–Trinajstić information content (AvgIpc) is 3.29. The number of carbonyl (C=O) groups excluding carboxylic acids is 2. The fourth-order valence-corrected chi connectivity index (χ4v) is 3.89. The fourth-order valence-electron chi connectivity index (χ4n) is 3.89. The monoisotopic (exact) mass is 432 g/mol. The van der Waals surface area contributed by atoms with Crippen LogP contribution in [0.2, 0.25) is 0 Å². The molecule has 0 aliphatic carbocycles. The quantitative estimate of drug-likeness (QED) is 0.669. The van der Waals surface area contributed by atoms with Crippen molar-refractivity contribution in [3.8, 4) is 5.82 Å². The summed E-state index contributed by atoms with van der Waals surface area (Å²) in [7, 11) is 0. The van der Waals surface area contributed by atoms with Gasteiger partial charge in [-0.1, -0.05) is 24.6 Å². The molecule has 1 fully saturated rings. The van der Waals surface area contributed by atoms with Crippen molar-refractivity contribution < 1.29 is 9.59 Å². The Labute approximate surface area is 187 Å². The summed E-state index contributed by atoms with van der Waals surface area (Å²) >= 11 is 0. The number of pyridine rings is 1. The SMILES string of the molecule is CCC(=O)Nc1ccc(-n2cnc(C(=O)N3CCN(c4ccc(C)cc4C)CC3)c2)nc1. The number of aryl methyl sites for hydroxylation is 2. The summed E-state index contributed by atoms with van der Waals surface area (Å²) in [4.78, 5) is 37.3. The number of hydrogen-bond donors (Lipinski definition) is 1. The Balaban J connectivity index is 1.38. The van der Waals surface area contributed by atoms with Crippen molar-refractivity contribution in [2.75, 3.05) is 36.4 Å². The molecule has 3 aromatic rings.